The molecule has 0 saturated heterocycles. The summed E-state index contributed by atoms with van der Waals surface area (Å²) in [7, 11) is 0. The first-order valence-electron chi connectivity index (χ1n) is 21.9. The van der Waals surface area contributed by atoms with Crippen LogP contribution in [0.25, 0.3) is 99.1 Å². The van der Waals surface area contributed by atoms with Gasteiger partial charge in [-0.15, -0.1) is 0 Å². The zero-order valence-corrected chi connectivity index (χ0v) is 35.0. The third-order valence-electron chi connectivity index (χ3n) is 12.7. The minimum atomic E-state index is 0.897. The summed E-state index contributed by atoms with van der Waals surface area (Å²) in [4.78, 5) is 2.36. The van der Waals surface area contributed by atoms with Gasteiger partial charge >= 0.3 is 0 Å². The van der Waals surface area contributed by atoms with Gasteiger partial charge < -0.3 is 9.32 Å². The van der Waals surface area contributed by atoms with Gasteiger partial charge in [0.05, 0.1) is 0 Å². The molecule has 0 bridgehead atoms. The molecule has 0 aliphatic heterocycles. The molecule has 2 nitrogen and oxygen atoms in total. The van der Waals surface area contributed by atoms with Crippen LogP contribution in [0.2, 0.25) is 0 Å². The van der Waals surface area contributed by atoms with E-state index in [9.17, 15) is 0 Å². The fourth-order valence-electron chi connectivity index (χ4n) is 9.51. The zero-order chi connectivity index (χ0) is 42.4. The van der Waals surface area contributed by atoms with Crippen LogP contribution in [-0.2, 0) is 0 Å². The molecule has 64 heavy (non-hydrogen) atoms. The second-order valence-electron chi connectivity index (χ2n) is 16.5. The number of anilines is 3. The minimum Gasteiger partial charge on any atom is -0.456 e. The van der Waals surface area contributed by atoms with Crippen molar-refractivity contribution in [2.75, 3.05) is 4.90 Å². The van der Waals surface area contributed by atoms with Crippen LogP contribution in [0, 0.1) is 0 Å². The van der Waals surface area contributed by atoms with Gasteiger partial charge in [-0.25, -0.2) is 0 Å². The van der Waals surface area contributed by atoms with E-state index in [0.29, 0.717) is 0 Å². The van der Waals surface area contributed by atoms with Crippen molar-refractivity contribution in [3.8, 4) is 55.6 Å². The number of para-hydroxylation sites is 1. The van der Waals surface area contributed by atoms with E-state index in [0.717, 1.165) is 55.7 Å². The van der Waals surface area contributed by atoms with Crippen LogP contribution in [0.15, 0.2) is 253 Å². The lowest BCUT2D eigenvalue weighted by atomic mass is 9.90. The first kappa shape index (κ1) is 37.3. The molecule has 0 N–H and O–H groups in total. The van der Waals surface area contributed by atoms with Crippen molar-refractivity contribution >= 4 is 60.5 Å². The van der Waals surface area contributed by atoms with Crippen molar-refractivity contribution in [2.24, 2.45) is 0 Å². The third kappa shape index (κ3) is 6.70. The van der Waals surface area contributed by atoms with E-state index < -0.39 is 0 Å². The lowest BCUT2D eigenvalue weighted by Crippen LogP contribution is -2.09. The Labute approximate surface area is 372 Å². The van der Waals surface area contributed by atoms with E-state index in [2.05, 4.69) is 241 Å². The Morgan fingerprint density at radius 1 is 0.234 bits per heavy atom. The predicted octanol–water partition coefficient (Wildman–Crippen LogP) is 17.7. The lowest BCUT2D eigenvalue weighted by molar-refractivity contribution is 0.669. The normalized spacial score (nSPS) is 11.4. The SMILES string of the molecule is c1ccc(-c2ccc(-c3ccc(N(c4ccc(-c5cccc6ccccc56)cc4)c4ccc(-c5cccc6ccccc56)cc4)cc3)cc2-c2ccc3oc4ccccc4c3c2)cc1. The second kappa shape index (κ2) is 15.8. The van der Waals surface area contributed by atoms with Gasteiger partial charge in [0.2, 0.25) is 0 Å². The fourth-order valence-corrected chi connectivity index (χ4v) is 9.51. The summed E-state index contributed by atoms with van der Waals surface area (Å²) < 4.78 is 6.22. The molecular formula is C62H41NO. The van der Waals surface area contributed by atoms with Crippen molar-refractivity contribution in [3.63, 3.8) is 0 Å². The monoisotopic (exact) mass is 815 g/mol. The summed E-state index contributed by atoms with van der Waals surface area (Å²) >= 11 is 0. The van der Waals surface area contributed by atoms with Gasteiger partial charge in [-0.1, -0.05) is 188 Å². The van der Waals surface area contributed by atoms with E-state index in [1.165, 1.54) is 60.5 Å². The van der Waals surface area contributed by atoms with Gasteiger partial charge in [-0.2, -0.15) is 0 Å². The molecule has 0 aliphatic rings. The van der Waals surface area contributed by atoms with Crippen LogP contribution in [0.1, 0.15) is 0 Å². The minimum absolute atomic E-state index is 0.897. The van der Waals surface area contributed by atoms with Crippen molar-refractivity contribution < 1.29 is 4.42 Å². The summed E-state index contributed by atoms with van der Waals surface area (Å²) in [6.07, 6.45) is 0. The number of rotatable bonds is 8. The van der Waals surface area contributed by atoms with Gasteiger partial charge in [-0.05, 0) is 138 Å². The topological polar surface area (TPSA) is 16.4 Å². The molecule has 0 radical (unpaired) electrons. The fraction of sp³-hybridized carbons (Fsp3) is 0. The van der Waals surface area contributed by atoms with Crippen LogP contribution in [0.3, 0.4) is 0 Å². The van der Waals surface area contributed by atoms with Crippen LogP contribution in [-0.4, -0.2) is 0 Å². The largest absolute Gasteiger partial charge is 0.456 e. The highest BCUT2D eigenvalue weighted by molar-refractivity contribution is 6.07. The average Bonchev–Trinajstić information content (AvgIpc) is 3.75. The number of benzene rings is 11. The van der Waals surface area contributed by atoms with Gasteiger partial charge in [0, 0.05) is 27.8 Å². The molecule has 1 aromatic heterocycles. The third-order valence-corrected chi connectivity index (χ3v) is 12.7. The molecule has 0 amide bonds. The lowest BCUT2D eigenvalue weighted by Gasteiger charge is -2.26. The Hall–Kier alpha value is -8.46. The highest BCUT2D eigenvalue weighted by atomic mass is 16.3. The second-order valence-corrected chi connectivity index (χ2v) is 16.5. The van der Waals surface area contributed by atoms with E-state index in [1.54, 1.807) is 0 Å². The van der Waals surface area contributed by atoms with Crippen LogP contribution in [0.5, 0.6) is 0 Å². The maximum atomic E-state index is 6.22. The van der Waals surface area contributed by atoms with E-state index >= 15 is 0 Å². The van der Waals surface area contributed by atoms with Crippen molar-refractivity contribution in [2.45, 2.75) is 0 Å². The Bertz CT molecular complexity index is 3510. The van der Waals surface area contributed by atoms with Crippen LogP contribution >= 0.6 is 0 Å². The maximum Gasteiger partial charge on any atom is 0.135 e. The molecule has 12 aromatic rings. The predicted molar refractivity (Wildman–Crippen MR) is 271 cm³/mol. The number of fused-ring (bicyclic) bond motifs is 5. The summed E-state index contributed by atoms with van der Waals surface area (Å²) in [5.74, 6) is 0. The first-order valence-corrected chi connectivity index (χ1v) is 21.9. The van der Waals surface area contributed by atoms with E-state index in [1.807, 2.05) is 12.1 Å². The number of nitrogens with zero attached hydrogens (tertiary/aromatic N) is 1. The molecule has 12 rings (SSSR count). The standard InChI is InChI=1S/C62H41NO/c1-2-12-43(13-3-1)57-38-30-48(40-59(57)49-31-39-62-60(41-49)58-20-8-9-23-61(58)64-62)42-24-32-50(33-25-42)63(51-34-26-46(27-35-51)55-21-10-16-44-14-4-6-18-53(44)55)52-36-28-47(29-37-52)56-22-11-17-45-15-5-7-19-54(45)56/h1-41H. The van der Waals surface area contributed by atoms with Crippen molar-refractivity contribution in [1.82, 2.24) is 0 Å². The Kier molecular flexibility index (Phi) is 9.20. The maximum absolute atomic E-state index is 6.22. The first-order chi connectivity index (χ1) is 31.7. The molecular weight excluding hydrogens is 775 g/mol. The van der Waals surface area contributed by atoms with Crippen LogP contribution in [0.4, 0.5) is 17.1 Å². The van der Waals surface area contributed by atoms with E-state index in [-0.39, 0.29) is 0 Å². The molecule has 0 saturated carbocycles. The van der Waals surface area contributed by atoms with Crippen LogP contribution < -0.4 is 4.90 Å². The highest BCUT2D eigenvalue weighted by Crippen LogP contribution is 2.42. The summed E-state index contributed by atoms with van der Waals surface area (Å²) in [5.41, 5.74) is 16.9. The van der Waals surface area contributed by atoms with Crippen molar-refractivity contribution in [1.29, 1.82) is 0 Å². The molecule has 0 atom stereocenters. The van der Waals surface area contributed by atoms with E-state index in [4.69, 9.17) is 4.42 Å². The highest BCUT2D eigenvalue weighted by Gasteiger charge is 2.17. The summed E-state index contributed by atoms with van der Waals surface area (Å²) in [6.45, 7) is 0. The average molecular weight is 816 g/mol. The molecule has 0 fully saturated rings. The molecule has 1 heterocycles. The van der Waals surface area contributed by atoms with Gasteiger partial charge in [-0.3, -0.25) is 0 Å². The number of hydrogen-bond donors (Lipinski definition) is 0. The number of furan rings is 1. The molecule has 0 spiro atoms. The molecule has 2 heteroatoms. The van der Waals surface area contributed by atoms with Crippen molar-refractivity contribution in [3.05, 3.63) is 249 Å². The summed E-state index contributed by atoms with van der Waals surface area (Å²) in [5, 5.41) is 7.24. The molecule has 300 valence electrons. The smallest absolute Gasteiger partial charge is 0.135 e. The van der Waals surface area contributed by atoms with Gasteiger partial charge in [0.25, 0.3) is 0 Å². The summed E-state index contributed by atoms with van der Waals surface area (Å²) in [6, 6.07) is 89.7. The van der Waals surface area contributed by atoms with Gasteiger partial charge in [0.1, 0.15) is 11.2 Å². The number of hydrogen-bond acceptors (Lipinski definition) is 2. The molecule has 11 aromatic carbocycles. The zero-order valence-electron chi connectivity index (χ0n) is 35.0. The Morgan fingerprint density at radius 3 is 1.30 bits per heavy atom. The molecule has 0 unspecified atom stereocenters. The quantitative estimate of drug-likeness (QED) is 0.152. The molecule has 0 aliphatic carbocycles. The Morgan fingerprint density at radius 2 is 0.688 bits per heavy atom. The Balaban J connectivity index is 0.943. The van der Waals surface area contributed by atoms with Gasteiger partial charge in [0.15, 0.2) is 0 Å².